The van der Waals surface area contributed by atoms with Gasteiger partial charge >= 0.3 is 7.75 Å². The summed E-state index contributed by atoms with van der Waals surface area (Å²) in [7, 11) is -3.60. The second kappa shape index (κ2) is 6.05. The second-order valence-corrected chi connectivity index (χ2v) is 5.25. The fourth-order valence-corrected chi connectivity index (χ4v) is 2.82. The zero-order chi connectivity index (χ0) is 10.4. The molecule has 7 heteroatoms. The zero-order valence-electron chi connectivity index (χ0n) is 7.99. The summed E-state index contributed by atoms with van der Waals surface area (Å²) >= 11 is 5.55. The lowest BCUT2D eigenvalue weighted by atomic mass is 10.4. The molecule has 84 valence electrons. The number of rotatable bonds is 2. The molecule has 0 bridgehead atoms. The van der Waals surface area contributed by atoms with Crippen LogP contribution in [0.3, 0.4) is 0 Å². The Morgan fingerprint density at radius 1 is 1.57 bits per heavy atom. The van der Waals surface area contributed by atoms with Crippen LogP contribution >= 0.6 is 19.3 Å². The van der Waals surface area contributed by atoms with Gasteiger partial charge in [-0.2, -0.15) is 0 Å². The predicted molar refractivity (Wildman–Crippen MR) is 55.6 cm³/mol. The third-order valence-electron chi connectivity index (χ3n) is 2.00. The first kappa shape index (κ1) is 12.4. The molecule has 0 aromatic heterocycles. The highest BCUT2D eigenvalue weighted by Gasteiger charge is 2.29. The molecule has 0 aromatic rings. The van der Waals surface area contributed by atoms with E-state index < -0.39 is 7.75 Å². The molecule has 0 aliphatic carbocycles. The molecule has 0 saturated carbocycles. The Labute approximate surface area is 89.0 Å². The first-order valence-corrected chi connectivity index (χ1v) is 6.73. The monoisotopic (exact) mass is 242 g/mol. The average Bonchev–Trinajstić information content (AvgIpc) is 2.20. The lowest BCUT2D eigenvalue weighted by Crippen LogP contribution is -2.30. The molecule has 0 amide bonds. The zero-order valence-corrected chi connectivity index (χ0v) is 9.64. The van der Waals surface area contributed by atoms with E-state index in [1.165, 1.54) is 4.67 Å². The van der Waals surface area contributed by atoms with E-state index in [1.54, 1.807) is 0 Å². The highest BCUT2D eigenvalue weighted by molar-refractivity contribution is 7.50. The minimum absolute atomic E-state index is 0.305. The maximum absolute atomic E-state index is 11.7. The van der Waals surface area contributed by atoms with Crippen LogP contribution < -0.4 is 5.32 Å². The van der Waals surface area contributed by atoms with Gasteiger partial charge in [-0.05, 0) is 13.0 Å². The summed E-state index contributed by atoms with van der Waals surface area (Å²) in [5, 5.41) is 3.16. The fourth-order valence-electron chi connectivity index (χ4n) is 1.26. The van der Waals surface area contributed by atoms with Gasteiger partial charge in [0.2, 0.25) is 0 Å². The van der Waals surface area contributed by atoms with Crippen molar-refractivity contribution in [1.82, 2.24) is 9.99 Å². The molecule has 1 atom stereocenters. The van der Waals surface area contributed by atoms with Crippen LogP contribution in [0.1, 0.15) is 6.42 Å². The van der Waals surface area contributed by atoms with Crippen LogP contribution in [0.4, 0.5) is 0 Å². The van der Waals surface area contributed by atoms with Gasteiger partial charge in [-0.25, -0.2) is 9.24 Å². The molecule has 2 N–H and O–H groups in total. The van der Waals surface area contributed by atoms with Crippen LogP contribution in [-0.4, -0.2) is 48.2 Å². The second-order valence-electron chi connectivity index (χ2n) is 3.07. The van der Waals surface area contributed by atoms with E-state index in [9.17, 15) is 9.46 Å². The van der Waals surface area contributed by atoms with E-state index >= 15 is 0 Å². The van der Waals surface area contributed by atoms with Crippen molar-refractivity contribution in [2.24, 2.45) is 0 Å². The van der Waals surface area contributed by atoms with Crippen molar-refractivity contribution in [3.8, 4) is 0 Å². The normalized spacial score (nSPS) is 31.9. The smallest absolute Gasteiger partial charge is 0.315 e. The van der Waals surface area contributed by atoms with Crippen molar-refractivity contribution < 1.29 is 14.0 Å². The van der Waals surface area contributed by atoms with Gasteiger partial charge in [0, 0.05) is 25.5 Å². The van der Waals surface area contributed by atoms with Crippen molar-refractivity contribution in [3.05, 3.63) is 0 Å². The Bertz CT molecular complexity index is 217. The van der Waals surface area contributed by atoms with Gasteiger partial charge in [-0.1, -0.05) is 0 Å². The standard InChI is InChI=1S/C7H16ClN2O3P/c8-2-5-10-6-4-9-3-1-7-13-14(10,11)12/h9H,1-7H2,(H,11,12). The predicted octanol–water partition coefficient (Wildman–Crippen LogP) is 0.637. The summed E-state index contributed by atoms with van der Waals surface area (Å²) in [6.45, 7) is 2.66. The van der Waals surface area contributed by atoms with Crippen molar-refractivity contribution in [3.63, 3.8) is 0 Å². The number of alkyl halides is 1. The molecular formula is C7H16ClN2O3P. The first-order valence-electron chi connectivity index (χ1n) is 4.66. The van der Waals surface area contributed by atoms with E-state index in [0.29, 0.717) is 32.1 Å². The summed E-state index contributed by atoms with van der Waals surface area (Å²) in [5.41, 5.74) is 0. The van der Waals surface area contributed by atoms with E-state index in [4.69, 9.17) is 16.1 Å². The van der Waals surface area contributed by atoms with Gasteiger partial charge in [0.05, 0.1) is 6.61 Å². The number of nitrogens with zero attached hydrogens (tertiary/aromatic N) is 1. The molecule has 0 radical (unpaired) electrons. The van der Waals surface area contributed by atoms with Crippen LogP contribution in [0, 0.1) is 0 Å². The summed E-state index contributed by atoms with van der Waals surface area (Å²) in [4.78, 5) is 9.57. The van der Waals surface area contributed by atoms with Crippen molar-refractivity contribution >= 4 is 19.3 Å². The van der Waals surface area contributed by atoms with E-state index in [2.05, 4.69) is 5.32 Å². The van der Waals surface area contributed by atoms with Gasteiger partial charge in [-0.15, -0.1) is 11.6 Å². The van der Waals surface area contributed by atoms with Crippen LogP contribution in [0.15, 0.2) is 0 Å². The largest absolute Gasteiger partial charge is 0.405 e. The Hall–Kier alpha value is 0.360. The quantitative estimate of drug-likeness (QED) is 0.550. The van der Waals surface area contributed by atoms with Gasteiger partial charge in [-0.3, -0.25) is 4.52 Å². The fraction of sp³-hybridized carbons (Fsp3) is 1.00. The lowest BCUT2D eigenvalue weighted by molar-refractivity contribution is 0.209. The van der Waals surface area contributed by atoms with Gasteiger partial charge in [0.1, 0.15) is 0 Å². The van der Waals surface area contributed by atoms with Crippen molar-refractivity contribution in [1.29, 1.82) is 0 Å². The van der Waals surface area contributed by atoms with E-state index in [1.807, 2.05) is 0 Å². The molecule has 0 aromatic carbocycles. The van der Waals surface area contributed by atoms with Crippen molar-refractivity contribution in [2.75, 3.05) is 38.7 Å². The van der Waals surface area contributed by atoms with E-state index in [-0.39, 0.29) is 0 Å². The topological polar surface area (TPSA) is 61.8 Å². The van der Waals surface area contributed by atoms with Crippen molar-refractivity contribution in [2.45, 2.75) is 6.42 Å². The van der Waals surface area contributed by atoms with Crippen LogP contribution in [0.25, 0.3) is 0 Å². The minimum atomic E-state index is -3.60. The molecule has 1 heterocycles. The van der Waals surface area contributed by atoms with Gasteiger partial charge in [0.25, 0.3) is 0 Å². The van der Waals surface area contributed by atoms with Crippen LogP contribution in [-0.2, 0) is 9.09 Å². The van der Waals surface area contributed by atoms with Gasteiger partial charge < -0.3 is 10.2 Å². The highest BCUT2D eigenvalue weighted by atomic mass is 35.5. The molecule has 1 saturated heterocycles. The Morgan fingerprint density at radius 2 is 2.36 bits per heavy atom. The summed E-state index contributed by atoms with van der Waals surface area (Å²) < 4.78 is 18.0. The highest BCUT2D eigenvalue weighted by Crippen LogP contribution is 2.46. The molecule has 1 fully saturated rings. The first-order chi connectivity index (χ1) is 6.67. The molecule has 5 nitrogen and oxygen atoms in total. The minimum Gasteiger partial charge on any atom is -0.315 e. The molecular weight excluding hydrogens is 227 g/mol. The van der Waals surface area contributed by atoms with Crippen LogP contribution in [0.2, 0.25) is 0 Å². The maximum atomic E-state index is 11.7. The number of nitrogens with one attached hydrogen (secondary N) is 1. The van der Waals surface area contributed by atoms with Crippen LogP contribution in [0.5, 0.6) is 0 Å². The Kier molecular flexibility index (Phi) is 5.38. The van der Waals surface area contributed by atoms with Gasteiger partial charge in [0.15, 0.2) is 0 Å². The Morgan fingerprint density at radius 3 is 3.07 bits per heavy atom. The summed E-state index contributed by atoms with van der Waals surface area (Å²) in [6, 6.07) is 0. The Balaban J connectivity index is 2.58. The SMILES string of the molecule is O=P1(O)OCCCNCCN1CCCl. The molecule has 1 aliphatic heterocycles. The van der Waals surface area contributed by atoms with E-state index in [0.717, 1.165) is 13.0 Å². The number of hydrogen-bond donors (Lipinski definition) is 2. The third kappa shape index (κ3) is 3.85. The lowest BCUT2D eigenvalue weighted by Gasteiger charge is -2.24. The average molecular weight is 243 g/mol. The molecule has 0 spiro atoms. The summed E-state index contributed by atoms with van der Waals surface area (Å²) in [5.74, 6) is 0.327. The molecule has 1 rings (SSSR count). The number of halogens is 1. The number of hydrogen-bond acceptors (Lipinski definition) is 3. The summed E-state index contributed by atoms with van der Waals surface area (Å²) in [6.07, 6.45) is 0.749. The maximum Gasteiger partial charge on any atom is 0.405 e. The third-order valence-corrected chi connectivity index (χ3v) is 3.81. The molecule has 1 unspecified atom stereocenters. The molecule has 14 heavy (non-hydrogen) atoms. The molecule has 1 aliphatic rings.